The van der Waals surface area contributed by atoms with Crippen LogP contribution in [-0.4, -0.2) is 31.8 Å². The van der Waals surface area contributed by atoms with Crippen molar-refractivity contribution in [2.24, 2.45) is 11.0 Å². The number of benzene rings is 3. The maximum atomic E-state index is 12.8. The summed E-state index contributed by atoms with van der Waals surface area (Å²) in [5.41, 5.74) is 9.05. The highest BCUT2D eigenvalue weighted by molar-refractivity contribution is 6.00. The van der Waals surface area contributed by atoms with Gasteiger partial charge in [0.05, 0.1) is 24.4 Å². The Morgan fingerprint density at radius 3 is 2.45 bits per heavy atom. The summed E-state index contributed by atoms with van der Waals surface area (Å²) in [6.07, 6.45) is 4.75. The number of esters is 1. The average molecular weight is 510 g/mol. The van der Waals surface area contributed by atoms with Gasteiger partial charge >= 0.3 is 5.97 Å². The molecule has 1 aliphatic heterocycles. The maximum absolute atomic E-state index is 12.8. The zero-order valence-electron chi connectivity index (χ0n) is 21.7. The lowest BCUT2D eigenvalue weighted by Crippen LogP contribution is -2.29. The second-order valence-corrected chi connectivity index (χ2v) is 9.59. The molecule has 2 aliphatic rings. The molecule has 0 bridgehead atoms. The number of amides is 1. The van der Waals surface area contributed by atoms with Gasteiger partial charge < -0.3 is 14.8 Å². The molecule has 2 N–H and O–H groups in total. The van der Waals surface area contributed by atoms with E-state index in [1.807, 2.05) is 67.6 Å². The fraction of sp³-hybridized carbons (Fsp3) is 0.258. The zero-order valence-corrected chi connectivity index (χ0v) is 21.7. The molecule has 1 heterocycles. The highest BCUT2D eigenvalue weighted by Gasteiger charge is 2.38. The molecule has 38 heavy (non-hydrogen) atoms. The van der Waals surface area contributed by atoms with Crippen LogP contribution in [0, 0.1) is 5.92 Å². The topological polar surface area (TPSA) is 89.0 Å². The quantitative estimate of drug-likeness (QED) is 0.189. The fourth-order valence-electron chi connectivity index (χ4n) is 5.38. The SMILES string of the molecule is COC(=O)c1ccc([C@@H]2Nc3ccc(/C(C)=N\NC(=O)[C@H](OC)c4ccccc4)cc3[C@@H]3C=CC[C@H]32)cc1. The smallest absolute Gasteiger partial charge is 0.337 e. The maximum Gasteiger partial charge on any atom is 0.337 e. The summed E-state index contributed by atoms with van der Waals surface area (Å²) >= 11 is 0. The number of nitrogens with one attached hydrogen (secondary N) is 2. The third-order valence-corrected chi connectivity index (χ3v) is 7.38. The van der Waals surface area contributed by atoms with E-state index >= 15 is 0 Å². The Morgan fingerprint density at radius 1 is 1.00 bits per heavy atom. The van der Waals surface area contributed by atoms with Crippen molar-refractivity contribution in [2.45, 2.75) is 31.4 Å². The molecule has 3 aromatic carbocycles. The van der Waals surface area contributed by atoms with Gasteiger partial charge in [0, 0.05) is 18.7 Å². The molecular weight excluding hydrogens is 478 g/mol. The summed E-state index contributed by atoms with van der Waals surface area (Å²) in [4.78, 5) is 24.6. The van der Waals surface area contributed by atoms with Gasteiger partial charge in [0.15, 0.2) is 6.10 Å². The Kier molecular flexibility index (Phi) is 7.38. The first-order valence-electron chi connectivity index (χ1n) is 12.7. The Balaban J connectivity index is 1.35. The lowest BCUT2D eigenvalue weighted by molar-refractivity contribution is -0.131. The number of rotatable bonds is 7. The largest absolute Gasteiger partial charge is 0.465 e. The van der Waals surface area contributed by atoms with Crippen molar-refractivity contribution < 1.29 is 19.1 Å². The van der Waals surface area contributed by atoms with Crippen molar-refractivity contribution in [3.05, 3.63) is 113 Å². The van der Waals surface area contributed by atoms with Gasteiger partial charge in [0.2, 0.25) is 0 Å². The van der Waals surface area contributed by atoms with Crippen LogP contribution in [0.5, 0.6) is 0 Å². The van der Waals surface area contributed by atoms with E-state index in [2.05, 4.69) is 40.1 Å². The van der Waals surface area contributed by atoms with E-state index in [1.54, 1.807) is 0 Å². The highest BCUT2D eigenvalue weighted by Crippen LogP contribution is 2.50. The molecule has 0 saturated carbocycles. The molecule has 0 saturated heterocycles. The van der Waals surface area contributed by atoms with Gasteiger partial charge in [-0.15, -0.1) is 0 Å². The standard InChI is InChI=1S/C31H31N3O4/c1-19(33-34-30(35)29(37-2)21-8-5-4-6-9-21)23-16-17-27-26(18-23)24-10-7-11-25(24)28(32-27)20-12-14-22(15-13-20)31(36)38-3/h4-10,12-18,24-25,28-29,32H,11H2,1-3H3,(H,34,35)/b33-19-/t24-,25-,28+,29-/m1/s1. The van der Waals surface area contributed by atoms with Gasteiger partial charge in [-0.25, -0.2) is 10.2 Å². The number of carbonyl (C=O) groups is 2. The first kappa shape index (κ1) is 25.4. The molecule has 5 rings (SSSR count). The van der Waals surface area contributed by atoms with E-state index < -0.39 is 6.10 Å². The molecule has 7 nitrogen and oxygen atoms in total. The second kappa shape index (κ2) is 11.0. The number of nitrogens with zero attached hydrogens (tertiary/aromatic N) is 1. The van der Waals surface area contributed by atoms with Gasteiger partial charge in [-0.2, -0.15) is 5.10 Å². The van der Waals surface area contributed by atoms with E-state index in [1.165, 1.54) is 19.8 Å². The zero-order chi connectivity index (χ0) is 26.6. The number of hydrazone groups is 1. The lowest BCUT2D eigenvalue weighted by Gasteiger charge is -2.37. The normalized spacial score (nSPS) is 20.6. The Hall–Kier alpha value is -4.23. The average Bonchev–Trinajstić information content (AvgIpc) is 3.46. The van der Waals surface area contributed by atoms with Crippen LogP contribution in [0.2, 0.25) is 0 Å². The number of hydrogen-bond acceptors (Lipinski definition) is 6. The van der Waals surface area contributed by atoms with Crippen LogP contribution in [-0.2, 0) is 14.3 Å². The van der Waals surface area contributed by atoms with E-state index in [0.717, 1.165) is 28.8 Å². The van der Waals surface area contributed by atoms with Crippen molar-refractivity contribution >= 4 is 23.3 Å². The first-order chi connectivity index (χ1) is 18.5. The molecule has 194 valence electrons. The second-order valence-electron chi connectivity index (χ2n) is 9.59. The molecule has 0 radical (unpaired) electrons. The van der Waals surface area contributed by atoms with Crippen LogP contribution in [0.1, 0.15) is 64.0 Å². The van der Waals surface area contributed by atoms with Crippen LogP contribution < -0.4 is 10.7 Å². The summed E-state index contributed by atoms with van der Waals surface area (Å²) in [7, 11) is 2.90. The monoisotopic (exact) mass is 509 g/mol. The molecule has 0 unspecified atom stereocenters. The molecule has 4 atom stereocenters. The Morgan fingerprint density at radius 2 is 1.74 bits per heavy atom. The number of anilines is 1. The third kappa shape index (κ3) is 4.97. The first-order valence-corrected chi connectivity index (χ1v) is 12.7. The number of fused-ring (bicyclic) bond motifs is 3. The van der Waals surface area contributed by atoms with Crippen LogP contribution >= 0.6 is 0 Å². The van der Waals surface area contributed by atoms with Gasteiger partial charge in [0.25, 0.3) is 5.91 Å². The minimum atomic E-state index is -0.733. The summed E-state index contributed by atoms with van der Waals surface area (Å²) in [5, 5.41) is 8.10. The predicted molar refractivity (Wildman–Crippen MR) is 147 cm³/mol. The van der Waals surface area contributed by atoms with Crippen molar-refractivity contribution in [3.63, 3.8) is 0 Å². The molecule has 3 aromatic rings. The summed E-state index contributed by atoms with van der Waals surface area (Å²) in [6.45, 7) is 1.89. The molecule has 1 amide bonds. The third-order valence-electron chi connectivity index (χ3n) is 7.38. The summed E-state index contributed by atoms with van der Waals surface area (Å²) in [5.74, 6) is -0.0446. The molecule has 1 aliphatic carbocycles. The Bertz CT molecular complexity index is 1380. The van der Waals surface area contributed by atoms with E-state index in [9.17, 15) is 9.59 Å². The number of allylic oxidation sites excluding steroid dienone is 2. The van der Waals surface area contributed by atoms with Crippen molar-refractivity contribution in [2.75, 3.05) is 19.5 Å². The fourth-order valence-corrected chi connectivity index (χ4v) is 5.38. The molecule has 0 fully saturated rings. The summed E-state index contributed by atoms with van der Waals surface area (Å²) < 4.78 is 10.2. The number of hydrogen-bond donors (Lipinski definition) is 2. The lowest BCUT2D eigenvalue weighted by atomic mass is 9.76. The molecular formula is C31H31N3O4. The van der Waals surface area contributed by atoms with Crippen LogP contribution in [0.4, 0.5) is 5.69 Å². The van der Waals surface area contributed by atoms with Crippen molar-refractivity contribution in [1.29, 1.82) is 0 Å². The van der Waals surface area contributed by atoms with Crippen LogP contribution in [0.3, 0.4) is 0 Å². The van der Waals surface area contributed by atoms with E-state index in [0.29, 0.717) is 17.2 Å². The summed E-state index contributed by atoms with van der Waals surface area (Å²) in [6, 6.07) is 23.4. The van der Waals surface area contributed by atoms with Crippen molar-refractivity contribution in [3.8, 4) is 0 Å². The predicted octanol–water partition coefficient (Wildman–Crippen LogP) is 5.53. The minimum Gasteiger partial charge on any atom is -0.465 e. The Labute approximate surface area is 222 Å². The molecule has 0 aromatic heterocycles. The van der Waals surface area contributed by atoms with Gasteiger partial charge in [0.1, 0.15) is 0 Å². The number of ether oxygens (including phenoxy) is 2. The number of carbonyl (C=O) groups excluding carboxylic acids is 2. The van der Waals surface area contributed by atoms with Gasteiger partial charge in [-0.3, -0.25) is 4.79 Å². The number of methoxy groups -OCH3 is 2. The van der Waals surface area contributed by atoms with E-state index in [-0.39, 0.29) is 23.8 Å². The molecule has 0 spiro atoms. The molecule has 7 heteroatoms. The van der Waals surface area contributed by atoms with Crippen LogP contribution in [0.15, 0.2) is 90.0 Å². The van der Waals surface area contributed by atoms with Crippen molar-refractivity contribution in [1.82, 2.24) is 5.43 Å². The van der Waals surface area contributed by atoms with Crippen LogP contribution in [0.25, 0.3) is 0 Å². The minimum absolute atomic E-state index is 0.123. The highest BCUT2D eigenvalue weighted by atomic mass is 16.5. The van der Waals surface area contributed by atoms with Gasteiger partial charge in [-0.05, 0) is 65.8 Å². The van der Waals surface area contributed by atoms with Gasteiger partial charge in [-0.1, -0.05) is 60.7 Å². The van der Waals surface area contributed by atoms with E-state index in [4.69, 9.17) is 9.47 Å².